The second-order valence-electron chi connectivity index (χ2n) is 7.51. The standard InChI is InChI=1S/C19H20ClN7O2S2/c1-26-9-12(8-23-26)16-7-15-18(24-16)21-11-22-19(15)27-4-2-14(3-5-27)25-31(28,29)17-6-13(20)10-30-17/h6-11,14,25H,2-5H2,1H3,(H,21,22,24). The number of fused-ring (bicyclic) bond motifs is 1. The van der Waals surface area contributed by atoms with Crippen LogP contribution in [0.2, 0.25) is 5.02 Å². The summed E-state index contributed by atoms with van der Waals surface area (Å²) in [6.45, 7) is 1.38. The van der Waals surface area contributed by atoms with Crippen molar-refractivity contribution in [1.82, 2.24) is 29.5 Å². The topological polar surface area (TPSA) is 109 Å². The Morgan fingerprint density at radius 1 is 1.26 bits per heavy atom. The number of halogens is 1. The molecule has 0 bridgehead atoms. The number of rotatable bonds is 5. The monoisotopic (exact) mass is 477 g/mol. The molecule has 0 atom stereocenters. The van der Waals surface area contributed by atoms with Gasteiger partial charge in [0.25, 0.3) is 0 Å². The van der Waals surface area contributed by atoms with E-state index in [1.165, 1.54) is 6.07 Å². The number of nitrogens with zero attached hydrogens (tertiary/aromatic N) is 5. The van der Waals surface area contributed by atoms with Gasteiger partial charge in [-0.3, -0.25) is 4.68 Å². The fourth-order valence-electron chi connectivity index (χ4n) is 3.82. The van der Waals surface area contributed by atoms with Gasteiger partial charge in [-0.1, -0.05) is 11.6 Å². The Hall–Kier alpha value is -2.47. The lowest BCUT2D eigenvalue weighted by Crippen LogP contribution is -2.44. The van der Waals surface area contributed by atoms with Crippen LogP contribution < -0.4 is 9.62 Å². The Labute approximate surface area is 188 Å². The summed E-state index contributed by atoms with van der Waals surface area (Å²) in [5.41, 5.74) is 2.68. The number of hydrogen-bond donors (Lipinski definition) is 2. The van der Waals surface area contributed by atoms with E-state index >= 15 is 0 Å². The van der Waals surface area contributed by atoms with Crippen LogP contribution in [0.3, 0.4) is 0 Å². The van der Waals surface area contributed by atoms with Crippen LogP contribution in [0.4, 0.5) is 5.82 Å². The van der Waals surface area contributed by atoms with Crippen LogP contribution in [0.1, 0.15) is 12.8 Å². The van der Waals surface area contributed by atoms with E-state index in [0.717, 1.165) is 39.4 Å². The van der Waals surface area contributed by atoms with Crippen molar-refractivity contribution in [3.05, 3.63) is 41.3 Å². The summed E-state index contributed by atoms with van der Waals surface area (Å²) in [7, 11) is -1.68. The molecule has 31 heavy (non-hydrogen) atoms. The van der Waals surface area contributed by atoms with Gasteiger partial charge in [-0.05, 0) is 25.0 Å². The molecule has 162 valence electrons. The molecule has 5 rings (SSSR count). The molecule has 0 aliphatic carbocycles. The minimum Gasteiger partial charge on any atom is -0.356 e. The van der Waals surface area contributed by atoms with Crippen LogP contribution in [0, 0.1) is 0 Å². The summed E-state index contributed by atoms with van der Waals surface area (Å²) in [6, 6.07) is 3.39. The van der Waals surface area contributed by atoms with Crippen molar-refractivity contribution in [3.8, 4) is 11.3 Å². The van der Waals surface area contributed by atoms with E-state index in [-0.39, 0.29) is 10.3 Å². The molecular formula is C19H20ClN7O2S2. The van der Waals surface area contributed by atoms with Crippen LogP contribution in [-0.4, -0.2) is 52.3 Å². The summed E-state index contributed by atoms with van der Waals surface area (Å²) in [5.74, 6) is 0.850. The van der Waals surface area contributed by atoms with Crippen molar-refractivity contribution >= 4 is 49.8 Å². The van der Waals surface area contributed by atoms with E-state index < -0.39 is 10.0 Å². The fraction of sp³-hybridized carbons (Fsp3) is 0.316. The smallest absolute Gasteiger partial charge is 0.250 e. The van der Waals surface area contributed by atoms with Gasteiger partial charge < -0.3 is 9.88 Å². The largest absolute Gasteiger partial charge is 0.356 e. The molecule has 0 unspecified atom stereocenters. The number of sulfonamides is 1. The summed E-state index contributed by atoms with van der Waals surface area (Å²) < 4.78 is 30.0. The van der Waals surface area contributed by atoms with E-state index in [1.807, 2.05) is 19.3 Å². The van der Waals surface area contributed by atoms with Crippen LogP contribution in [0.25, 0.3) is 22.3 Å². The van der Waals surface area contributed by atoms with Crippen molar-refractivity contribution in [1.29, 1.82) is 0 Å². The minimum absolute atomic E-state index is 0.128. The molecule has 1 fully saturated rings. The van der Waals surface area contributed by atoms with Gasteiger partial charge in [0, 0.05) is 43.3 Å². The summed E-state index contributed by atoms with van der Waals surface area (Å²) in [5, 5.41) is 7.22. The molecule has 0 saturated carbocycles. The summed E-state index contributed by atoms with van der Waals surface area (Å²) >= 11 is 7.00. The van der Waals surface area contributed by atoms with Crippen molar-refractivity contribution < 1.29 is 8.42 Å². The van der Waals surface area contributed by atoms with Gasteiger partial charge in [0.1, 0.15) is 22.0 Å². The highest BCUT2D eigenvalue weighted by Crippen LogP contribution is 2.30. The van der Waals surface area contributed by atoms with Crippen LogP contribution >= 0.6 is 22.9 Å². The third-order valence-corrected chi connectivity index (χ3v) is 8.65. The van der Waals surface area contributed by atoms with Gasteiger partial charge in [-0.25, -0.2) is 23.1 Å². The Bertz CT molecular complexity index is 1340. The van der Waals surface area contributed by atoms with E-state index in [4.69, 9.17) is 11.6 Å². The van der Waals surface area contributed by atoms with Crippen molar-refractivity contribution in [2.24, 2.45) is 7.05 Å². The van der Waals surface area contributed by atoms with Gasteiger partial charge in [0.2, 0.25) is 10.0 Å². The minimum atomic E-state index is -3.55. The SMILES string of the molecule is Cn1cc(-c2cc3c(N4CCC(NS(=O)(=O)c5cc(Cl)cs5)CC4)ncnc3[nH]2)cn1. The molecule has 2 N–H and O–H groups in total. The van der Waals surface area contributed by atoms with E-state index in [9.17, 15) is 8.42 Å². The van der Waals surface area contributed by atoms with Gasteiger partial charge in [-0.2, -0.15) is 5.10 Å². The molecular weight excluding hydrogens is 458 g/mol. The third-order valence-electron chi connectivity index (χ3n) is 5.35. The number of aromatic amines is 1. The number of hydrogen-bond acceptors (Lipinski definition) is 7. The van der Waals surface area contributed by atoms with E-state index in [2.05, 4.69) is 29.7 Å². The van der Waals surface area contributed by atoms with Gasteiger partial charge >= 0.3 is 0 Å². The third kappa shape index (κ3) is 4.05. The first kappa shape index (κ1) is 20.4. The zero-order valence-electron chi connectivity index (χ0n) is 16.6. The Morgan fingerprint density at radius 2 is 2.06 bits per heavy atom. The number of thiophene rings is 1. The van der Waals surface area contributed by atoms with Gasteiger partial charge in [0.15, 0.2) is 0 Å². The predicted molar refractivity (Wildman–Crippen MR) is 121 cm³/mol. The fourth-order valence-corrected chi connectivity index (χ4v) is 6.55. The maximum Gasteiger partial charge on any atom is 0.250 e. The quantitative estimate of drug-likeness (QED) is 0.457. The maximum atomic E-state index is 12.6. The average molecular weight is 478 g/mol. The molecule has 5 heterocycles. The lowest BCUT2D eigenvalue weighted by molar-refractivity contribution is 0.459. The zero-order valence-corrected chi connectivity index (χ0v) is 19.0. The van der Waals surface area contributed by atoms with Crippen LogP contribution in [-0.2, 0) is 17.1 Å². The van der Waals surface area contributed by atoms with E-state index in [1.54, 1.807) is 22.6 Å². The maximum absolute atomic E-state index is 12.6. The highest BCUT2D eigenvalue weighted by molar-refractivity contribution is 7.91. The predicted octanol–water partition coefficient (Wildman–Crippen LogP) is 3.02. The Kier molecular flexibility index (Phi) is 5.21. The molecule has 0 spiro atoms. The number of aromatic nitrogens is 5. The van der Waals surface area contributed by atoms with E-state index in [0.29, 0.717) is 31.0 Å². The first-order valence-electron chi connectivity index (χ1n) is 9.73. The molecule has 1 saturated heterocycles. The number of aryl methyl sites for hydroxylation is 1. The second kappa shape index (κ2) is 7.90. The second-order valence-corrected chi connectivity index (χ2v) is 10.8. The first-order chi connectivity index (χ1) is 14.9. The van der Waals surface area contributed by atoms with Gasteiger partial charge in [-0.15, -0.1) is 11.3 Å². The molecule has 1 aliphatic heterocycles. The highest BCUT2D eigenvalue weighted by Gasteiger charge is 2.27. The Morgan fingerprint density at radius 3 is 2.74 bits per heavy atom. The molecule has 1 aliphatic rings. The summed E-state index contributed by atoms with van der Waals surface area (Å²) in [6.07, 6.45) is 6.66. The normalized spacial score (nSPS) is 15.7. The lowest BCUT2D eigenvalue weighted by Gasteiger charge is -2.33. The molecule has 12 heteroatoms. The molecule has 9 nitrogen and oxygen atoms in total. The first-order valence-corrected chi connectivity index (χ1v) is 12.5. The van der Waals surface area contributed by atoms with Crippen molar-refractivity contribution in [2.45, 2.75) is 23.1 Å². The number of anilines is 1. The number of H-pyrrole nitrogens is 1. The van der Waals surface area contributed by atoms with Crippen molar-refractivity contribution in [3.63, 3.8) is 0 Å². The molecule has 0 amide bonds. The molecule has 0 radical (unpaired) electrons. The summed E-state index contributed by atoms with van der Waals surface area (Å²) in [4.78, 5) is 14.4. The molecule has 4 aromatic rings. The Balaban J connectivity index is 1.32. The molecule has 0 aromatic carbocycles. The van der Waals surface area contributed by atoms with Crippen molar-refractivity contribution in [2.75, 3.05) is 18.0 Å². The zero-order chi connectivity index (χ0) is 21.6. The molecule has 4 aromatic heterocycles. The average Bonchev–Trinajstić information content (AvgIpc) is 3.47. The number of nitrogens with one attached hydrogen (secondary N) is 2. The van der Waals surface area contributed by atoms with Gasteiger partial charge in [0.05, 0.1) is 22.3 Å². The van der Waals surface area contributed by atoms with Crippen LogP contribution in [0.5, 0.6) is 0 Å². The lowest BCUT2D eigenvalue weighted by atomic mass is 10.1. The van der Waals surface area contributed by atoms with Crippen LogP contribution in [0.15, 0.2) is 40.4 Å². The highest BCUT2D eigenvalue weighted by atomic mass is 35.5. The number of piperidine rings is 1.